The molecule has 1 saturated heterocycles. The average Bonchev–Trinajstić information content (AvgIpc) is 2.88. The lowest BCUT2D eigenvalue weighted by Gasteiger charge is -2.17. The zero-order valence-corrected chi connectivity index (χ0v) is 16.8. The van der Waals surface area contributed by atoms with Gasteiger partial charge in [0, 0.05) is 17.7 Å². The Morgan fingerprint density at radius 2 is 1.86 bits per heavy atom. The Morgan fingerprint density at radius 1 is 1.14 bits per heavy atom. The molecule has 1 fully saturated rings. The van der Waals surface area contributed by atoms with Gasteiger partial charge in [0.15, 0.2) is 5.78 Å². The molecule has 148 valence electrons. The molecule has 2 aromatic carbocycles. The highest BCUT2D eigenvalue weighted by Gasteiger charge is 2.37. The lowest BCUT2D eigenvalue weighted by molar-refractivity contribution is -0.116. The van der Waals surface area contributed by atoms with Gasteiger partial charge < -0.3 is 0 Å². The fourth-order valence-electron chi connectivity index (χ4n) is 2.89. The summed E-state index contributed by atoms with van der Waals surface area (Å²) in [7, 11) is -7.89. The van der Waals surface area contributed by atoms with Crippen molar-refractivity contribution in [2.75, 3.05) is 14.8 Å². The van der Waals surface area contributed by atoms with Crippen molar-refractivity contribution in [3.63, 3.8) is 0 Å². The zero-order valence-electron chi connectivity index (χ0n) is 15.2. The first kappa shape index (κ1) is 20.0. The molecule has 1 aliphatic rings. The number of benzene rings is 2. The molecule has 0 aromatic heterocycles. The summed E-state index contributed by atoms with van der Waals surface area (Å²) in [5, 5.41) is 0. The van der Waals surface area contributed by atoms with Crippen LogP contribution in [-0.2, 0) is 24.8 Å². The number of Topliss-reactive ketones (excluding diaryl/α,β-unsaturated/α-hetero) is 1. The molecule has 28 heavy (non-hydrogen) atoms. The number of ketones is 1. The van der Waals surface area contributed by atoms with Crippen molar-refractivity contribution in [1.29, 1.82) is 0 Å². The molecule has 0 aliphatic carbocycles. The maximum atomic E-state index is 12.9. The highest BCUT2D eigenvalue weighted by Crippen LogP contribution is 2.30. The third-order valence-corrected chi connectivity index (χ3v) is 7.51. The molecule has 1 amide bonds. The van der Waals surface area contributed by atoms with Crippen molar-refractivity contribution in [3.8, 4) is 0 Å². The third kappa shape index (κ3) is 3.78. The molecule has 0 spiro atoms. The lowest BCUT2D eigenvalue weighted by atomic mass is 10.1. The van der Waals surface area contributed by atoms with Crippen LogP contribution >= 0.6 is 0 Å². The lowest BCUT2D eigenvalue weighted by Crippen LogP contribution is -2.29. The van der Waals surface area contributed by atoms with E-state index in [1.165, 1.54) is 31.2 Å². The fraction of sp³-hybridized carbons (Fsp3) is 0.222. The Labute approximate surface area is 163 Å². The number of amides is 1. The predicted octanol–water partition coefficient (Wildman–Crippen LogP) is 2.06. The molecule has 1 N–H and O–H groups in total. The molecule has 0 atom stereocenters. The first-order valence-electron chi connectivity index (χ1n) is 8.31. The van der Waals surface area contributed by atoms with Gasteiger partial charge in [-0.25, -0.2) is 21.1 Å². The second-order valence-corrected chi connectivity index (χ2v) is 10.0. The van der Waals surface area contributed by atoms with Crippen molar-refractivity contribution >= 4 is 43.1 Å². The Balaban J connectivity index is 2.02. The molecule has 0 saturated carbocycles. The molecule has 0 radical (unpaired) electrons. The Kier molecular flexibility index (Phi) is 5.02. The SMILES string of the molecule is CC(=O)c1cccc(NS(=O)(=O)c2cc(N3C(=O)CCS3(=O)=O)ccc2C)c1. The van der Waals surface area contributed by atoms with E-state index in [0.717, 1.165) is 6.07 Å². The van der Waals surface area contributed by atoms with Crippen molar-refractivity contribution in [1.82, 2.24) is 0 Å². The van der Waals surface area contributed by atoms with Gasteiger partial charge >= 0.3 is 0 Å². The summed E-state index contributed by atoms with van der Waals surface area (Å²) < 4.78 is 53.0. The van der Waals surface area contributed by atoms with E-state index in [0.29, 0.717) is 15.4 Å². The fourth-order valence-corrected chi connectivity index (χ4v) is 5.65. The molecule has 8 nitrogen and oxygen atoms in total. The van der Waals surface area contributed by atoms with Crippen molar-refractivity contribution in [2.45, 2.75) is 25.2 Å². The van der Waals surface area contributed by atoms with Crippen LogP contribution in [0.25, 0.3) is 0 Å². The van der Waals surface area contributed by atoms with E-state index in [1.54, 1.807) is 19.1 Å². The first-order chi connectivity index (χ1) is 13.0. The third-order valence-electron chi connectivity index (χ3n) is 4.30. The maximum Gasteiger partial charge on any atom is 0.262 e. The molecular weight excluding hydrogens is 404 g/mol. The van der Waals surface area contributed by atoms with Gasteiger partial charge in [-0.05, 0) is 43.7 Å². The maximum absolute atomic E-state index is 12.9. The van der Waals surface area contributed by atoms with Crippen molar-refractivity contribution in [2.24, 2.45) is 0 Å². The normalized spacial score (nSPS) is 16.2. The Morgan fingerprint density at radius 3 is 2.46 bits per heavy atom. The second kappa shape index (κ2) is 7.02. The van der Waals surface area contributed by atoms with Gasteiger partial charge in [-0.3, -0.25) is 14.3 Å². The van der Waals surface area contributed by atoms with E-state index in [4.69, 9.17) is 0 Å². The van der Waals surface area contributed by atoms with E-state index in [-0.39, 0.29) is 34.2 Å². The molecular formula is C18H18N2O6S2. The summed E-state index contributed by atoms with van der Waals surface area (Å²) in [4.78, 5) is 23.3. The number of carbonyl (C=O) groups excluding carboxylic acids is 2. The molecule has 0 bridgehead atoms. The molecule has 2 aromatic rings. The quantitative estimate of drug-likeness (QED) is 0.737. The van der Waals surface area contributed by atoms with Gasteiger partial charge in [-0.15, -0.1) is 0 Å². The summed E-state index contributed by atoms with van der Waals surface area (Å²) in [6.45, 7) is 2.93. The summed E-state index contributed by atoms with van der Waals surface area (Å²) in [6, 6.07) is 10.0. The summed E-state index contributed by atoms with van der Waals surface area (Å²) >= 11 is 0. The number of hydrogen-bond acceptors (Lipinski definition) is 6. The van der Waals surface area contributed by atoms with Crippen molar-refractivity contribution in [3.05, 3.63) is 53.6 Å². The highest BCUT2D eigenvalue weighted by molar-refractivity contribution is 7.94. The minimum Gasteiger partial charge on any atom is -0.295 e. The van der Waals surface area contributed by atoms with E-state index >= 15 is 0 Å². The number of rotatable bonds is 5. The van der Waals surface area contributed by atoms with Crippen LogP contribution in [0.4, 0.5) is 11.4 Å². The number of aryl methyl sites for hydroxylation is 1. The Hall–Kier alpha value is -2.72. The van der Waals surface area contributed by atoms with Crippen molar-refractivity contribution < 1.29 is 26.4 Å². The smallest absolute Gasteiger partial charge is 0.262 e. The number of nitrogens with one attached hydrogen (secondary N) is 1. The zero-order chi connectivity index (χ0) is 20.7. The van der Waals surface area contributed by atoms with Gasteiger partial charge in [-0.2, -0.15) is 0 Å². The van der Waals surface area contributed by atoms with Crippen LogP contribution in [0.1, 0.15) is 29.3 Å². The summed E-state index contributed by atoms with van der Waals surface area (Å²) in [6.07, 6.45) is -0.144. The minimum absolute atomic E-state index is 0.0223. The number of carbonyl (C=O) groups is 2. The van der Waals surface area contributed by atoms with Crippen LogP contribution in [0.15, 0.2) is 47.4 Å². The first-order valence-corrected chi connectivity index (χ1v) is 11.4. The molecule has 1 heterocycles. The van der Waals surface area contributed by atoms with Crippen LogP contribution in [0.2, 0.25) is 0 Å². The van der Waals surface area contributed by atoms with Crippen LogP contribution in [-0.4, -0.2) is 34.3 Å². The van der Waals surface area contributed by atoms with E-state index in [1.807, 2.05) is 0 Å². The molecule has 0 unspecified atom stereocenters. The number of sulfonamides is 2. The number of hydrogen-bond donors (Lipinski definition) is 1. The molecule has 1 aliphatic heterocycles. The van der Waals surface area contributed by atoms with E-state index < -0.39 is 26.0 Å². The second-order valence-electron chi connectivity index (χ2n) is 6.42. The Bertz CT molecular complexity index is 1190. The standard InChI is InChI=1S/C18H18N2O6S2/c1-12-6-7-16(20-18(22)8-9-27(20,23)24)11-17(12)28(25,26)19-15-5-3-4-14(10-15)13(2)21/h3-7,10-11,19H,8-9H2,1-2H3. The molecule has 10 heteroatoms. The predicted molar refractivity (Wildman–Crippen MR) is 104 cm³/mol. The van der Waals surface area contributed by atoms with E-state index in [9.17, 15) is 26.4 Å². The molecule has 3 rings (SSSR count). The summed E-state index contributed by atoms with van der Waals surface area (Å²) in [5.41, 5.74) is 0.899. The van der Waals surface area contributed by atoms with Gasteiger partial charge in [0.1, 0.15) is 0 Å². The monoisotopic (exact) mass is 422 g/mol. The largest absolute Gasteiger partial charge is 0.295 e. The number of nitrogens with zero attached hydrogens (tertiary/aromatic N) is 1. The van der Waals surface area contributed by atoms with Crippen LogP contribution in [0.3, 0.4) is 0 Å². The van der Waals surface area contributed by atoms with Crippen LogP contribution < -0.4 is 9.03 Å². The summed E-state index contributed by atoms with van der Waals surface area (Å²) in [5.74, 6) is -1.12. The minimum atomic E-state index is -4.09. The number of anilines is 2. The van der Waals surface area contributed by atoms with Crippen LogP contribution in [0.5, 0.6) is 0 Å². The van der Waals surface area contributed by atoms with Crippen LogP contribution in [0, 0.1) is 6.92 Å². The van der Waals surface area contributed by atoms with Gasteiger partial charge in [0.05, 0.1) is 16.3 Å². The topological polar surface area (TPSA) is 118 Å². The van der Waals surface area contributed by atoms with Gasteiger partial charge in [0.2, 0.25) is 15.9 Å². The average molecular weight is 422 g/mol. The van der Waals surface area contributed by atoms with Gasteiger partial charge in [0.25, 0.3) is 10.0 Å². The van der Waals surface area contributed by atoms with Gasteiger partial charge in [-0.1, -0.05) is 18.2 Å². The highest BCUT2D eigenvalue weighted by atomic mass is 32.2. The van der Waals surface area contributed by atoms with E-state index in [2.05, 4.69) is 4.72 Å².